The number of benzene rings is 1. The zero-order valence-electron chi connectivity index (χ0n) is 13.6. The number of hydrogen-bond donors (Lipinski definition) is 1. The maximum Gasteiger partial charge on any atom is 0.180 e. The summed E-state index contributed by atoms with van der Waals surface area (Å²) in [7, 11) is 3.96. The molecule has 0 atom stereocenters. The number of rotatable bonds is 2. The second-order valence-electron chi connectivity index (χ2n) is 5.99. The van der Waals surface area contributed by atoms with Crippen molar-refractivity contribution in [1.82, 2.24) is 24.6 Å². The summed E-state index contributed by atoms with van der Waals surface area (Å²) in [4.78, 5) is 11.1. The average Bonchev–Trinajstić information content (AvgIpc) is 3.10. The first-order valence-electron chi connectivity index (χ1n) is 7.52. The van der Waals surface area contributed by atoms with Crippen molar-refractivity contribution < 1.29 is 0 Å². The van der Waals surface area contributed by atoms with Crippen LogP contribution in [0.15, 0.2) is 30.6 Å². The number of imidazole rings is 1. The third kappa shape index (κ3) is 1.98. The van der Waals surface area contributed by atoms with Crippen LogP contribution in [-0.4, -0.2) is 38.7 Å². The predicted molar refractivity (Wildman–Crippen MR) is 91.9 cm³/mol. The Morgan fingerprint density at radius 2 is 1.91 bits per heavy atom. The summed E-state index contributed by atoms with van der Waals surface area (Å²) in [6.07, 6.45) is 3.79. The van der Waals surface area contributed by atoms with Crippen molar-refractivity contribution in [3.8, 4) is 11.3 Å². The minimum atomic E-state index is 0.863. The summed E-state index contributed by atoms with van der Waals surface area (Å²) < 4.78 is 2.15. The zero-order valence-corrected chi connectivity index (χ0v) is 13.6. The molecule has 0 radical (unpaired) electrons. The number of fused-ring (bicyclic) bond motifs is 2. The number of nitrogens with zero attached hydrogens (tertiary/aromatic N) is 5. The molecule has 6 nitrogen and oxygen atoms in total. The van der Waals surface area contributed by atoms with Gasteiger partial charge in [0.05, 0.1) is 23.1 Å². The van der Waals surface area contributed by atoms with Gasteiger partial charge in [0.2, 0.25) is 0 Å². The Kier molecular flexibility index (Phi) is 2.87. The van der Waals surface area contributed by atoms with Gasteiger partial charge in [-0.25, -0.2) is 9.97 Å². The van der Waals surface area contributed by atoms with Gasteiger partial charge in [-0.1, -0.05) is 6.07 Å². The van der Waals surface area contributed by atoms with Gasteiger partial charge in [0.1, 0.15) is 0 Å². The van der Waals surface area contributed by atoms with Crippen molar-refractivity contribution in [2.45, 2.75) is 13.8 Å². The van der Waals surface area contributed by atoms with Crippen LogP contribution in [-0.2, 0) is 0 Å². The first kappa shape index (κ1) is 13.8. The van der Waals surface area contributed by atoms with Crippen LogP contribution in [0.25, 0.3) is 27.8 Å². The molecule has 1 N–H and O–H groups in total. The molecule has 0 aliphatic rings. The van der Waals surface area contributed by atoms with E-state index in [4.69, 9.17) is 0 Å². The van der Waals surface area contributed by atoms with Gasteiger partial charge in [-0.15, -0.1) is 0 Å². The highest BCUT2D eigenvalue weighted by molar-refractivity contribution is 5.86. The van der Waals surface area contributed by atoms with E-state index in [9.17, 15) is 0 Å². The molecule has 0 bridgehead atoms. The Labute approximate surface area is 133 Å². The van der Waals surface area contributed by atoms with Crippen LogP contribution in [0.2, 0.25) is 0 Å². The van der Waals surface area contributed by atoms with Crippen LogP contribution in [0.3, 0.4) is 0 Å². The fourth-order valence-electron chi connectivity index (χ4n) is 2.96. The lowest BCUT2D eigenvalue weighted by Crippen LogP contribution is -2.13. The number of hydrogen-bond acceptors (Lipinski definition) is 4. The monoisotopic (exact) mass is 306 g/mol. The zero-order chi connectivity index (χ0) is 16.1. The predicted octanol–water partition coefficient (Wildman–Crippen LogP) is 2.96. The van der Waals surface area contributed by atoms with Crippen LogP contribution < -0.4 is 4.90 Å². The van der Waals surface area contributed by atoms with E-state index in [1.54, 1.807) is 0 Å². The van der Waals surface area contributed by atoms with Gasteiger partial charge in [-0.3, -0.25) is 9.50 Å². The second-order valence-corrected chi connectivity index (χ2v) is 5.99. The van der Waals surface area contributed by atoms with Gasteiger partial charge in [0.25, 0.3) is 0 Å². The van der Waals surface area contributed by atoms with Crippen LogP contribution in [0.5, 0.6) is 0 Å². The first-order valence-corrected chi connectivity index (χ1v) is 7.52. The Morgan fingerprint density at radius 3 is 2.70 bits per heavy atom. The molecule has 23 heavy (non-hydrogen) atoms. The summed E-state index contributed by atoms with van der Waals surface area (Å²) in [6, 6.07) is 6.30. The third-order valence-electron chi connectivity index (χ3n) is 4.16. The van der Waals surface area contributed by atoms with E-state index >= 15 is 0 Å². The summed E-state index contributed by atoms with van der Waals surface area (Å²) >= 11 is 0. The minimum absolute atomic E-state index is 0.863. The van der Waals surface area contributed by atoms with Crippen LogP contribution >= 0.6 is 0 Å². The SMILES string of the molecule is Cc1n[nH]c2ccc(-c3cnc(N(C)C)c4ncc(C)n34)cc12. The van der Waals surface area contributed by atoms with Crippen molar-refractivity contribution in [3.05, 3.63) is 42.0 Å². The Morgan fingerprint density at radius 1 is 1.09 bits per heavy atom. The normalized spacial score (nSPS) is 11.5. The standard InChI is InChI=1S/C17H18N6/c1-10-8-18-17-16(22(3)4)19-9-15(23(10)17)12-5-6-14-13(7-12)11(2)20-21-14/h5-9H,1-4H3,(H,20,21). The van der Waals surface area contributed by atoms with Crippen molar-refractivity contribution >= 4 is 22.4 Å². The number of anilines is 1. The molecule has 0 fully saturated rings. The molecular weight excluding hydrogens is 288 g/mol. The fourth-order valence-corrected chi connectivity index (χ4v) is 2.96. The number of aromatic amines is 1. The first-order chi connectivity index (χ1) is 11.1. The van der Waals surface area contributed by atoms with Gasteiger partial charge in [0, 0.05) is 36.9 Å². The van der Waals surface area contributed by atoms with Gasteiger partial charge in [0.15, 0.2) is 11.5 Å². The van der Waals surface area contributed by atoms with Gasteiger partial charge < -0.3 is 4.90 Å². The molecular formula is C17H18N6. The molecule has 0 amide bonds. The van der Waals surface area contributed by atoms with E-state index in [0.29, 0.717) is 0 Å². The largest absolute Gasteiger partial charge is 0.360 e. The topological polar surface area (TPSA) is 62.1 Å². The summed E-state index contributed by atoms with van der Waals surface area (Å²) in [5.74, 6) is 0.863. The molecule has 116 valence electrons. The molecule has 4 rings (SSSR count). The number of H-pyrrole nitrogens is 1. The molecule has 6 heteroatoms. The number of aryl methyl sites for hydroxylation is 2. The second kappa shape index (κ2) is 4.81. The molecule has 0 saturated heterocycles. The average molecular weight is 306 g/mol. The smallest absolute Gasteiger partial charge is 0.180 e. The summed E-state index contributed by atoms with van der Waals surface area (Å²) in [6.45, 7) is 4.07. The van der Waals surface area contributed by atoms with Crippen molar-refractivity contribution in [1.29, 1.82) is 0 Å². The lowest BCUT2D eigenvalue weighted by Gasteiger charge is -2.15. The maximum absolute atomic E-state index is 4.61. The number of aromatic nitrogens is 5. The molecule has 0 aliphatic heterocycles. The lowest BCUT2D eigenvalue weighted by molar-refractivity contribution is 1.02. The molecule has 0 aliphatic carbocycles. The van der Waals surface area contributed by atoms with Gasteiger partial charge in [-0.2, -0.15) is 5.10 Å². The van der Waals surface area contributed by atoms with Crippen molar-refractivity contribution in [2.75, 3.05) is 19.0 Å². The minimum Gasteiger partial charge on any atom is -0.360 e. The number of nitrogens with one attached hydrogen (secondary N) is 1. The highest BCUT2D eigenvalue weighted by Gasteiger charge is 2.14. The quantitative estimate of drug-likeness (QED) is 0.618. The van der Waals surface area contributed by atoms with Crippen molar-refractivity contribution in [3.63, 3.8) is 0 Å². The highest BCUT2D eigenvalue weighted by atomic mass is 15.2. The van der Waals surface area contributed by atoms with Crippen molar-refractivity contribution in [2.24, 2.45) is 0 Å². The van der Waals surface area contributed by atoms with E-state index in [0.717, 1.165) is 45.0 Å². The van der Waals surface area contributed by atoms with E-state index < -0.39 is 0 Å². The molecule has 0 spiro atoms. The van der Waals surface area contributed by atoms with E-state index in [-0.39, 0.29) is 0 Å². The lowest BCUT2D eigenvalue weighted by atomic mass is 10.1. The molecule has 0 saturated carbocycles. The molecule has 3 heterocycles. The molecule has 4 aromatic rings. The van der Waals surface area contributed by atoms with Gasteiger partial charge in [-0.05, 0) is 26.0 Å². The Balaban J connectivity index is 2.02. The maximum atomic E-state index is 4.61. The summed E-state index contributed by atoms with van der Waals surface area (Å²) in [5, 5.41) is 8.44. The Bertz CT molecular complexity index is 1020. The van der Waals surface area contributed by atoms with E-state index in [1.807, 2.05) is 38.3 Å². The fraction of sp³-hybridized carbons (Fsp3) is 0.235. The van der Waals surface area contributed by atoms with E-state index in [2.05, 4.69) is 49.7 Å². The molecule has 3 aromatic heterocycles. The van der Waals surface area contributed by atoms with Crippen LogP contribution in [0.1, 0.15) is 11.4 Å². The van der Waals surface area contributed by atoms with Crippen LogP contribution in [0, 0.1) is 13.8 Å². The van der Waals surface area contributed by atoms with E-state index in [1.165, 1.54) is 0 Å². The highest BCUT2D eigenvalue weighted by Crippen LogP contribution is 2.28. The molecule has 1 aromatic carbocycles. The van der Waals surface area contributed by atoms with Gasteiger partial charge >= 0.3 is 0 Å². The molecule has 0 unspecified atom stereocenters. The summed E-state index contributed by atoms with van der Waals surface area (Å²) in [5.41, 5.74) is 6.13. The van der Waals surface area contributed by atoms with Crippen LogP contribution in [0.4, 0.5) is 5.82 Å². The Hall–Kier alpha value is -2.89. The third-order valence-corrected chi connectivity index (χ3v) is 4.16.